The van der Waals surface area contributed by atoms with Gasteiger partial charge < -0.3 is 5.73 Å². The van der Waals surface area contributed by atoms with Crippen LogP contribution in [0.25, 0.3) is 0 Å². The summed E-state index contributed by atoms with van der Waals surface area (Å²) in [5, 5.41) is 29.8. The van der Waals surface area contributed by atoms with E-state index in [-0.39, 0.29) is 28.5 Å². The molecule has 2 N–H and O–H groups in total. The summed E-state index contributed by atoms with van der Waals surface area (Å²) < 4.78 is 27.6. The van der Waals surface area contributed by atoms with Gasteiger partial charge in [0.05, 0.1) is 23.4 Å². The Bertz CT molecular complexity index is 1030. The highest BCUT2D eigenvalue weighted by molar-refractivity contribution is 5.59. The molecule has 0 spiro atoms. The quantitative estimate of drug-likeness (QED) is 0.740. The summed E-state index contributed by atoms with van der Waals surface area (Å²) in [6, 6.07) is 9.53. The van der Waals surface area contributed by atoms with Gasteiger partial charge in [-0.2, -0.15) is 15.8 Å². The molecule has 0 fully saturated rings. The first-order valence-electron chi connectivity index (χ1n) is 9.49. The number of allylic oxidation sites excluding steroid dienone is 4. The van der Waals surface area contributed by atoms with E-state index < -0.39 is 23.0 Å². The van der Waals surface area contributed by atoms with Gasteiger partial charge in [-0.1, -0.05) is 32.9 Å². The molecule has 0 unspecified atom stereocenters. The van der Waals surface area contributed by atoms with E-state index in [4.69, 9.17) is 5.73 Å². The molecule has 2 aliphatic rings. The van der Waals surface area contributed by atoms with Crippen LogP contribution in [-0.2, 0) is 0 Å². The molecular weight excluding hydrogens is 370 g/mol. The van der Waals surface area contributed by atoms with Crippen LogP contribution < -0.4 is 5.73 Å². The zero-order chi connectivity index (χ0) is 21.6. The fraction of sp³-hybridized carbons (Fsp3) is 0.435. The van der Waals surface area contributed by atoms with Crippen molar-refractivity contribution in [3.63, 3.8) is 0 Å². The maximum Gasteiger partial charge on any atom is 0.191 e. The Morgan fingerprint density at radius 1 is 1.10 bits per heavy atom. The van der Waals surface area contributed by atoms with E-state index in [0.717, 1.165) is 18.6 Å². The van der Waals surface area contributed by atoms with E-state index in [1.807, 2.05) is 18.2 Å². The predicted molar refractivity (Wildman–Crippen MR) is 103 cm³/mol. The SMILES string of the molecule is CC(C)(C)[C@@H]1CC=C2C(C#N)=C(N)C(C#N)(C#N)[C@@H](c3ccc(F)c(F)c3)[C@@H]2C1. The van der Waals surface area contributed by atoms with E-state index in [0.29, 0.717) is 17.6 Å². The third-order valence-corrected chi connectivity index (χ3v) is 6.40. The summed E-state index contributed by atoms with van der Waals surface area (Å²) in [7, 11) is 0. The average molecular weight is 392 g/mol. The number of rotatable bonds is 1. The van der Waals surface area contributed by atoms with Crippen LogP contribution in [0.3, 0.4) is 0 Å². The first kappa shape index (κ1) is 20.6. The molecule has 148 valence electrons. The van der Waals surface area contributed by atoms with Gasteiger partial charge in [-0.15, -0.1) is 0 Å². The van der Waals surface area contributed by atoms with E-state index in [2.05, 4.69) is 26.8 Å². The third kappa shape index (κ3) is 3.08. The molecule has 1 aromatic rings. The molecule has 0 saturated heterocycles. The number of fused-ring (bicyclic) bond motifs is 1. The van der Waals surface area contributed by atoms with Gasteiger partial charge in [0.1, 0.15) is 6.07 Å². The van der Waals surface area contributed by atoms with E-state index in [1.54, 1.807) is 0 Å². The van der Waals surface area contributed by atoms with Gasteiger partial charge >= 0.3 is 0 Å². The monoisotopic (exact) mass is 392 g/mol. The molecule has 6 heteroatoms. The van der Waals surface area contributed by atoms with Crippen molar-refractivity contribution in [3.8, 4) is 18.2 Å². The van der Waals surface area contributed by atoms with Gasteiger partial charge in [0.25, 0.3) is 0 Å². The number of halogens is 2. The third-order valence-electron chi connectivity index (χ3n) is 6.40. The average Bonchev–Trinajstić information content (AvgIpc) is 2.68. The topological polar surface area (TPSA) is 97.4 Å². The molecule has 0 amide bonds. The molecule has 0 radical (unpaired) electrons. The van der Waals surface area contributed by atoms with E-state index >= 15 is 0 Å². The van der Waals surface area contributed by atoms with E-state index in [9.17, 15) is 24.6 Å². The highest BCUT2D eigenvalue weighted by atomic mass is 19.2. The van der Waals surface area contributed by atoms with Gasteiger partial charge in [0.15, 0.2) is 17.0 Å². The number of benzene rings is 1. The summed E-state index contributed by atoms with van der Waals surface area (Å²) in [6.07, 6.45) is 3.31. The van der Waals surface area contributed by atoms with Crippen LogP contribution in [0, 0.1) is 68.3 Å². The van der Waals surface area contributed by atoms with Gasteiger partial charge in [-0.25, -0.2) is 8.78 Å². The molecule has 0 aromatic heterocycles. The highest BCUT2D eigenvalue weighted by Crippen LogP contribution is 2.57. The fourth-order valence-corrected chi connectivity index (χ4v) is 4.68. The molecule has 2 aliphatic carbocycles. The normalized spacial score (nSPS) is 25.9. The standard InChI is InChI=1S/C23H22F2N4/c1-22(2,3)14-5-6-15-16(9-14)20(13-4-7-18(24)19(25)8-13)23(11-27,12-28)21(29)17(15)10-26/h4,6-8,14,16,20H,5,9,29H2,1-3H3/t14-,16-,20+/m1/s1. The Labute approximate surface area is 169 Å². The van der Waals surface area contributed by atoms with Crippen LogP contribution in [0.4, 0.5) is 8.78 Å². The lowest BCUT2D eigenvalue weighted by Crippen LogP contribution is -2.44. The Hall–Kier alpha value is -3.17. The van der Waals surface area contributed by atoms with Gasteiger partial charge in [0.2, 0.25) is 0 Å². The Morgan fingerprint density at radius 3 is 2.28 bits per heavy atom. The fourth-order valence-electron chi connectivity index (χ4n) is 4.68. The van der Waals surface area contributed by atoms with E-state index in [1.165, 1.54) is 6.07 Å². The lowest BCUT2D eigenvalue weighted by atomic mass is 9.54. The molecule has 0 heterocycles. The molecule has 0 bridgehead atoms. The smallest absolute Gasteiger partial charge is 0.191 e. The summed E-state index contributed by atoms with van der Waals surface area (Å²) in [4.78, 5) is 0. The van der Waals surface area contributed by atoms with Crippen LogP contribution in [0.1, 0.15) is 45.1 Å². The minimum atomic E-state index is -1.84. The van der Waals surface area contributed by atoms with Crippen molar-refractivity contribution >= 4 is 0 Å². The Kier molecular flexibility index (Phi) is 4.97. The number of nitrogens with two attached hydrogens (primary N) is 1. The lowest BCUT2D eigenvalue weighted by Gasteiger charge is -2.47. The number of hydrogen-bond acceptors (Lipinski definition) is 4. The summed E-state index contributed by atoms with van der Waals surface area (Å²) in [6.45, 7) is 6.34. The second-order valence-electron chi connectivity index (χ2n) is 8.88. The van der Waals surface area contributed by atoms with Crippen LogP contribution >= 0.6 is 0 Å². The second kappa shape index (κ2) is 7.02. The largest absolute Gasteiger partial charge is 0.399 e. The second-order valence-corrected chi connectivity index (χ2v) is 8.88. The molecule has 0 saturated carbocycles. The van der Waals surface area contributed by atoms with Crippen LogP contribution in [0.5, 0.6) is 0 Å². The minimum absolute atomic E-state index is 0.0396. The van der Waals surface area contributed by atoms with Crippen molar-refractivity contribution in [2.24, 2.45) is 28.4 Å². The lowest BCUT2D eigenvalue weighted by molar-refractivity contribution is 0.170. The van der Waals surface area contributed by atoms with Gasteiger partial charge in [0, 0.05) is 5.92 Å². The van der Waals surface area contributed by atoms with Crippen molar-refractivity contribution < 1.29 is 8.78 Å². The van der Waals surface area contributed by atoms with Gasteiger partial charge in [-0.3, -0.25) is 0 Å². The maximum atomic E-state index is 14.1. The van der Waals surface area contributed by atoms with Crippen molar-refractivity contribution in [1.82, 2.24) is 0 Å². The van der Waals surface area contributed by atoms with Gasteiger partial charge in [-0.05, 0) is 53.4 Å². The molecule has 29 heavy (non-hydrogen) atoms. The van der Waals surface area contributed by atoms with Crippen LogP contribution in [0.15, 0.2) is 41.1 Å². The zero-order valence-electron chi connectivity index (χ0n) is 16.6. The van der Waals surface area contributed by atoms with Crippen molar-refractivity contribution in [2.75, 3.05) is 0 Å². The minimum Gasteiger partial charge on any atom is -0.399 e. The molecule has 0 aliphatic heterocycles. The molecule has 4 nitrogen and oxygen atoms in total. The number of hydrogen-bond donors (Lipinski definition) is 1. The molecule has 3 atom stereocenters. The van der Waals surface area contributed by atoms with Crippen LogP contribution in [-0.4, -0.2) is 0 Å². The zero-order valence-corrected chi connectivity index (χ0v) is 16.6. The number of nitrogens with zero attached hydrogens (tertiary/aromatic N) is 3. The maximum absolute atomic E-state index is 14.1. The van der Waals surface area contributed by atoms with Crippen molar-refractivity contribution in [2.45, 2.75) is 39.5 Å². The first-order chi connectivity index (χ1) is 13.6. The predicted octanol–water partition coefficient (Wildman–Crippen LogP) is 4.83. The van der Waals surface area contributed by atoms with Crippen molar-refractivity contribution in [3.05, 3.63) is 58.3 Å². The summed E-state index contributed by atoms with van der Waals surface area (Å²) >= 11 is 0. The Morgan fingerprint density at radius 2 is 1.76 bits per heavy atom. The highest BCUT2D eigenvalue weighted by Gasteiger charge is 2.55. The van der Waals surface area contributed by atoms with Crippen molar-refractivity contribution in [1.29, 1.82) is 15.8 Å². The van der Waals surface area contributed by atoms with Crippen LogP contribution in [0.2, 0.25) is 0 Å². The first-order valence-corrected chi connectivity index (χ1v) is 9.49. The molecule has 3 rings (SSSR count). The summed E-state index contributed by atoms with van der Waals surface area (Å²) in [5.41, 5.74) is 5.41. The number of nitriles is 3. The Balaban J connectivity index is 2.32. The molecule has 1 aromatic carbocycles. The summed E-state index contributed by atoms with van der Waals surface area (Å²) in [5.74, 6) is -2.99. The molecular formula is C23H22F2N4.